The molecule has 20 heavy (non-hydrogen) atoms. The van der Waals surface area contributed by atoms with Gasteiger partial charge in [0.15, 0.2) is 0 Å². The fourth-order valence-electron chi connectivity index (χ4n) is 3.80. The third-order valence-electron chi connectivity index (χ3n) is 4.85. The smallest absolute Gasteiger partial charge is 0.241 e. The zero-order valence-corrected chi connectivity index (χ0v) is 11.5. The Labute approximate surface area is 119 Å². The third kappa shape index (κ3) is 2.03. The molecule has 3 aliphatic heterocycles. The average molecular weight is 272 g/mol. The molecule has 0 radical (unpaired) electrons. The molecule has 1 aromatic carbocycles. The number of carbonyl (C=O) groups is 1. The van der Waals surface area contributed by atoms with E-state index in [1.165, 1.54) is 12.0 Å². The van der Waals surface area contributed by atoms with E-state index in [9.17, 15) is 4.79 Å². The van der Waals surface area contributed by atoms with Gasteiger partial charge in [-0.1, -0.05) is 30.3 Å². The number of hydrogen-bond donors (Lipinski definition) is 1. The molecule has 4 unspecified atom stereocenters. The first-order valence-electron chi connectivity index (χ1n) is 7.54. The minimum Gasteiger partial charge on any atom is -0.373 e. The molecule has 3 aliphatic rings. The largest absolute Gasteiger partial charge is 0.373 e. The second-order valence-corrected chi connectivity index (χ2v) is 6.09. The van der Waals surface area contributed by atoms with Crippen molar-refractivity contribution in [3.05, 3.63) is 35.9 Å². The Morgan fingerprint density at radius 3 is 2.80 bits per heavy atom. The van der Waals surface area contributed by atoms with Crippen molar-refractivity contribution in [2.24, 2.45) is 0 Å². The zero-order chi connectivity index (χ0) is 13.5. The predicted octanol–water partition coefficient (Wildman–Crippen LogP) is 1.31. The molecule has 4 heteroatoms. The standard InChI is InChI=1S/C16H20N2O2/c19-16-13(8-11-4-2-1-3-5-11)17-10-18(16)14-9-12-6-7-15(14)20-12/h1-5,12-15,17H,6-10H2. The number of amides is 1. The van der Waals surface area contributed by atoms with Gasteiger partial charge in [0, 0.05) is 0 Å². The molecule has 0 saturated carbocycles. The Balaban J connectivity index is 1.43. The molecule has 3 heterocycles. The van der Waals surface area contributed by atoms with Crippen LogP contribution in [0.15, 0.2) is 30.3 Å². The van der Waals surface area contributed by atoms with Gasteiger partial charge in [-0.3, -0.25) is 10.1 Å². The number of benzene rings is 1. The van der Waals surface area contributed by atoms with Gasteiger partial charge in [-0.05, 0) is 31.2 Å². The monoisotopic (exact) mass is 272 g/mol. The number of carbonyl (C=O) groups excluding carboxylic acids is 1. The van der Waals surface area contributed by atoms with E-state index in [0.29, 0.717) is 18.8 Å². The highest BCUT2D eigenvalue weighted by atomic mass is 16.5. The summed E-state index contributed by atoms with van der Waals surface area (Å²) in [6.45, 7) is 0.674. The lowest BCUT2D eigenvalue weighted by atomic mass is 9.94. The van der Waals surface area contributed by atoms with Crippen LogP contribution in [0.25, 0.3) is 0 Å². The van der Waals surface area contributed by atoms with Crippen LogP contribution < -0.4 is 5.32 Å². The first-order chi connectivity index (χ1) is 9.81. The van der Waals surface area contributed by atoms with E-state index < -0.39 is 0 Å². The fraction of sp³-hybridized carbons (Fsp3) is 0.562. The van der Waals surface area contributed by atoms with Crippen molar-refractivity contribution in [1.29, 1.82) is 0 Å². The summed E-state index contributed by atoms with van der Waals surface area (Å²) in [6, 6.07) is 10.4. The van der Waals surface area contributed by atoms with E-state index in [0.717, 1.165) is 19.3 Å². The molecule has 3 fully saturated rings. The van der Waals surface area contributed by atoms with Gasteiger partial charge in [0.25, 0.3) is 0 Å². The van der Waals surface area contributed by atoms with Crippen LogP contribution in [-0.4, -0.2) is 41.8 Å². The first-order valence-corrected chi connectivity index (χ1v) is 7.54. The van der Waals surface area contributed by atoms with Crippen LogP contribution in [-0.2, 0) is 16.0 Å². The fourth-order valence-corrected chi connectivity index (χ4v) is 3.80. The van der Waals surface area contributed by atoms with Gasteiger partial charge in [-0.15, -0.1) is 0 Å². The van der Waals surface area contributed by atoms with Gasteiger partial charge in [-0.25, -0.2) is 0 Å². The quantitative estimate of drug-likeness (QED) is 0.902. The first kappa shape index (κ1) is 12.4. The lowest BCUT2D eigenvalue weighted by Gasteiger charge is -2.28. The van der Waals surface area contributed by atoms with E-state index in [2.05, 4.69) is 17.4 Å². The van der Waals surface area contributed by atoms with Crippen molar-refractivity contribution >= 4 is 5.91 Å². The van der Waals surface area contributed by atoms with Crippen LogP contribution >= 0.6 is 0 Å². The van der Waals surface area contributed by atoms with Gasteiger partial charge < -0.3 is 9.64 Å². The van der Waals surface area contributed by atoms with Crippen LogP contribution in [0, 0.1) is 0 Å². The third-order valence-corrected chi connectivity index (χ3v) is 4.85. The van der Waals surface area contributed by atoms with Crippen molar-refractivity contribution < 1.29 is 9.53 Å². The number of hydrogen-bond acceptors (Lipinski definition) is 3. The molecule has 0 aliphatic carbocycles. The highest BCUT2D eigenvalue weighted by Crippen LogP contribution is 2.37. The van der Waals surface area contributed by atoms with Crippen LogP contribution in [0.3, 0.4) is 0 Å². The van der Waals surface area contributed by atoms with E-state index in [1.54, 1.807) is 0 Å². The Bertz CT molecular complexity index is 504. The summed E-state index contributed by atoms with van der Waals surface area (Å²) in [6.07, 6.45) is 4.76. The van der Waals surface area contributed by atoms with Gasteiger partial charge >= 0.3 is 0 Å². The molecule has 4 rings (SSSR count). The van der Waals surface area contributed by atoms with E-state index in [4.69, 9.17) is 4.74 Å². The normalized spacial score (nSPS) is 36.0. The molecule has 106 valence electrons. The molecule has 1 N–H and O–H groups in total. The highest BCUT2D eigenvalue weighted by molar-refractivity contribution is 5.84. The van der Waals surface area contributed by atoms with Crippen LogP contribution in [0.5, 0.6) is 0 Å². The molecule has 3 saturated heterocycles. The van der Waals surface area contributed by atoms with Crippen LogP contribution in [0.4, 0.5) is 0 Å². The SMILES string of the molecule is O=C1C(Cc2ccccc2)NCN1C1CC2CCC1O2. The molecule has 1 aromatic rings. The maximum absolute atomic E-state index is 12.6. The zero-order valence-electron chi connectivity index (χ0n) is 11.5. The minimum absolute atomic E-state index is 0.0727. The van der Waals surface area contributed by atoms with Crippen molar-refractivity contribution in [2.75, 3.05) is 6.67 Å². The highest BCUT2D eigenvalue weighted by Gasteiger charge is 2.47. The molecule has 4 atom stereocenters. The summed E-state index contributed by atoms with van der Waals surface area (Å²) in [7, 11) is 0. The Morgan fingerprint density at radius 1 is 1.25 bits per heavy atom. The predicted molar refractivity (Wildman–Crippen MR) is 75.1 cm³/mol. The number of fused-ring (bicyclic) bond motifs is 2. The maximum Gasteiger partial charge on any atom is 0.241 e. The number of ether oxygens (including phenoxy) is 1. The van der Waals surface area contributed by atoms with Crippen molar-refractivity contribution in [3.63, 3.8) is 0 Å². The molecular weight excluding hydrogens is 252 g/mol. The molecular formula is C16H20N2O2. The Kier molecular flexibility index (Phi) is 3.00. The molecule has 1 amide bonds. The summed E-state index contributed by atoms with van der Waals surface area (Å²) in [5, 5.41) is 3.36. The molecule has 4 nitrogen and oxygen atoms in total. The van der Waals surface area contributed by atoms with Crippen LogP contribution in [0.1, 0.15) is 24.8 Å². The van der Waals surface area contributed by atoms with Gasteiger partial charge in [0.2, 0.25) is 5.91 Å². The molecule has 2 bridgehead atoms. The number of rotatable bonds is 3. The summed E-state index contributed by atoms with van der Waals surface area (Å²) in [5.74, 6) is 0.245. The average Bonchev–Trinajstić information content (AvgIpc) is 3.17. The maximum atomic E-state index is 12.6. The topological polar surface area (TPSA) is 41.6 Å². The lowest BCUT2D eigenvalue weighted by Crippen LogP contribution is -2.44. The van der Waals surface area contributed by atoms with E-state index in [1.807, 2.05) is 23.1 Å². The number of nitrogens with one attached hydrogen (secondary N) is 1. The summed E-state index contributed by atoms with van der Waals surface area (Å²) in [5.41, 5.74) is 1.21. The summed E-state index contributed by atoms with van der Waals surface area (Å²) in [4.78, 5) is 14.6. The van der Waals surface area contributed by atoms with Crippen molar-refractivity contribution in [1.82, 2.24) is 10.2 Å². The second kappa shape index (κ2) is 4.86. The van der Waals surface area contributed by atoms with Gasteiger partial charge in [-0.2, -0.15) is 0 Å². The lowest BCUT2D eigenvalue weighted by molar-refractivity contribution is -0.131. The van der Waals surface area contributed by atoms with E-state index in [-0.39, 0.29) is 18.1 Å². The number of nitrogens with zero attached hydrogens (tertiary/aromatic N) is 1. The van der Waals surface area contributed by atoms with Crippen molar-refractivity contribution in [2.45, 2.75) is 50.0 Å². The van der Waals surface area contributed by atoms with Gasteiger partial charge in [0.05, 0.1) is 31.0 Å². The minimum atomic E-state index is -0.0727. The second-order valence-electron chi connectivity index (χ2n) is 6.09. The Morgan fingerprint density at radius 2 is 2.10 bits per heavy atom. The van der Waals surface area contributed by atoms with Crippen molar-refractivity contribution in [3.8, 4) is 0 Å². The summed E-state index contributed by atoms with van der Waals surface area (Å²) < 4.78 is 5.88. The van der Waals surface area contributed by atoms with Crippen LogP contribution in [0.2, 0.25) is 0 Å². The molecule has 0 spiro atoms. The Hall–Kier alpha value is -1.39. The van der Waals surface area contributed by atoms with E-state index >= 15 is 0 Å². The van der Waals surface area contributed by atoms with Gasteiger partial charge in [0.1, 0.15) is 0 Å². The summed E-state index contributed by atoms with van der Waals surface area (Å²) >= 11 is 0. The molecule has 0 aromatic heterocycles.